The number of halogens is 1. The van der Waals surface area contributed by atoms with Crippen molar-refractivity contribution in [3.05, 3.63) is 51.6 Å². The average molecular weight is 356 g/mol. The highest BCUT2D eigenvalue weighted by Gasteiger charge is 2.17. The molecule has 0 aliphatic rings. The van der Waals surface area contributed by atoms with Crippen molar-refractivity contribution in [2.75, 3.05) is 0 Å². The minimum atomic E-state index is -0.0683. The quantitative estimate of drug-likeness (QED) is 0.492. The first-order valence-corrected chi connectivity index (χ1v) is 7.06. The fourth-order valence-corrected chi connectivity index (χ4v) is 2.58. The molecule has 1 aromatic heterocycles. The number of hydrogen-bond donors (Lipinski definition) is 2. The van der Waals surface area contributed by atoms with Crippen LogP contribution in [0.25, 0.3) is 0 Å². The van der Waals surface area contributed by atoms with Gasteiger partial charge in [0.1, 0.15) is 11.9 Å². The summed E-state index contributed by atoms with van der Waals surface area (Å²) in [5, 5.41) is 0. The summed E-state index contributed by atoms with van der Waals surface area (Å²) in [4.78, 5) is 4.43. The Bertz CT molecular complexity index is 509. The van der Waals surface area contributed by atoms with Crippen LogP contribution < -0.4 is 11.3 Å². The summed E-state index contributed by atoms with van der Waals surface area (Å²) in [7, 11) is 0. The molecule has 3 N–H and O–H groups in total. The highest BCUT2D eigenvalue weighted by Crippen LogP contribution is 2.21. The number of hydrogen-bond acceptors (Lipinski definition) is 3. The summed E-state index contributed by atoms with van der Waals surface area (Å²) in [6.07, 6.45) is 4.90. The van der Waals surface area contributed by atoms with E-state index in [1.54, 1.807) is 0 Å². The predicted molar refractivity (Wildman–Crippen MR) is 80.8 cm³/mol. The Kier molecular flexibility index (Phi) is 4.73. The molecule has 4 nitrogen and oxygen atoms in total. The van der Waals surface area contributed by atoms with Crippen LogP contribution in [-0.4, -0.2) is 9.55 Å². The molecule has 1 unspecified atom stereocenters. The number of rotatable bonds is 5. The van der Waals surface area contributed by atoms with E-state index in [0.29, 0.717) is 0 Å². The standard InChI is InChI=1S/C13H17IN4/c1-2-7-18-8-6-16-13(18)12(17-15)10-4-3-5-11(14)9-10/h3-6,8-9,12,17H,2,7,15H2,1H3. The van der Waals surface area contributed by atoms with E-state index in [9.17, 15) is 0 Å². The zero-order valence-corrected chi connectivity index (χ0v) is 12.5. The first-order valence-electron chi connectivity index (χ1n) is 5.99. The lowest BCUT2D eigenvalue weighted by Crippen LogP contribution is -2.31. The molecule has 2 rings (SSSR count). The van der Waals surface area contributed by atoms with Gasteiger partial charge in [0.2, 0.25) is 0 Å². The number of imidazole rings is 1. The Labute approximate surface area is 121 Å². The van der Waals surface area contributed by atoms with Crippen LogP contribution in [0.1, 0.15) is 30.8 Å². The molecule has 5 heteroatoms. The topological polar surface area (TPSA) is 55.9 Å². The smallest absolute Gasteiger partial charge is 0.131 e. The van der Waals surface area contributed by atoms with Crippen LogP contribution in [0.2, 0.25) is 0 Å². The summed E-state index contributed by atoms with van der Waals surface area (Å²) in [6.45, 7) is 3.11. The van der Waals surface area contributed by atoms with E-state index in [-0.39, 0.29) is 6.04 Å². The number of nitrogens with one attached hydrogen (secondary N) is 1. The highest BCUT2D eigenvalue weighted by molar-refractivity contribution is 14.1. The zero-order valence-electron chi connectivity index (χ0n) is 10.3. The molecule has 0 fully saturated rings. The van der Waals surface area contributed by atoms with Gasteiger partial charge in [-0.1, -0.05) is 19.1 Å². The molecule has 0 saturated carbocycles. The fourth-order valence-electron chi connectivity index (χ4n) is 2.02. The third-order valence-corrected chi connectivity index (χ3v) is 3.49. The summed E-state index contributed by atoms with van der Waals surface area (Å²) >= 11 is 2.30. The van der Waals surface area contributed by atoms with Crippen molar-refractivity contribution >= 4 is 22.6 Å². The van der Waals surface area contributed by atoms with Crippen molar-refractivity contribution in [2.24, 2.45) is 5.84 Å². The molecule has 18 heavy (non-hydrogen) atoms. The van der Waals surface area contributed by atoms with E-state index in [4.69, 9.17) is 5.84 Å². The third-order valence-electron chi connectivity index (χ3n) is 2.82. The van der Waals surface area contributed by atoms with E-state index in [1.165, 1.54) is 3.57 Å². The lowest BCUT2D eigenvalue weighted by Gasteiger charge is -2.17. The molecule has 1 atom stereocenters. The number of benzene rings is 1. The second kappa shape index (κ2) is 6.31. The zero-order chi connectivity index (χ0) is 13.0. The second-order valence-electron chi connectivity index (χ2n) is 4.13. The molecule has 0 aliphatic carbocycles. The maximum absolute atomic E-state index is 5.71. The monoisotopic (exact) mass is 356 g/mol. The summed E-state index contributed by atoms with van der Waals surface area (Å²) in [6, 6.07) is 8.22. The van der Waals surface area contributed by atoms with E-state index < -0.39 is 0 Å². The normalized spacial score (nSPS) is 12.6. The van der Waals surface area contributed by atoms with Crippen LogP contribution in [-0.2, 0) is 6.54 Å². The van der Waals surface area contributed by atoms with Crippen molar-refractivity contribution in [3.63, 3.8) is 0 Å². The summed E-state index contributed by atoms with van der Waals surface area (Å²) < 4.78 is 3.34. The van der Waals surface area contributed by atoms with E-state index in [1.807, 2.05) is 18.5 Å². The van der Waals surface area contributed by atoms with Gasteiger partial charge in [0, 0.05) is 22.5 Å². The largest absolute Gasteiger partial charge is 0.333 e. The lowest BCUT2D eigenvalue weighted by atomic mass is 10.1. The van der Waals surface area contributed by atoms with Gasteiger partial charge in [-0.25, -0.2) is 10.4 Å². The van der Waals surface area contributed by atoms with Gasteiger partial charge in [-0.2, -0.15) is 0 Å². The Morgan fingerprint density at radius 1 is 1.50 bits per heavy atom. The first-order chi connectivity index (χ1) is 8.76. The maximum atomic E-state index is 5.71. The van der Waals surface area contributed by atoms with Gasteiger partial charge in [0.25, 0.3) is 0 Å². The van der Waals surface area contributed by atoms with Gasteiger partial charge < -0.3 is 4.57 Å². The van der Waals surface area contributed by atoms with Gasteiger partial charge in [-0.3, -0.25) is 5.84 Å². The van der Waals surface area contributed by atoms with Gasteiger partial charge in [-0.05, 0) is 46.7 Å². The van der Waals surface area contributed by atoms with Crippen molar-refractivity contribution < 1.29 is 0 Å². The molecule has 0 amide bonds. The van der Waals surface area contributed by atoms with E-state index >= 15 is 0 Å². The van der Waals surface area contributed by atoms with E-state index in [2.05, 4.69) is 62.7 Å². The molecule has 0 spiro atoms. The van der Waals surface area contributed by atoms with Crippen LogP contribution >= 0.6 is 22.6 Å². The fraction of sp³-hybridized carbons (Fsp3) is 0.308. The average Bonchev–Trinajstić information content (AvgIpc) is 2.79. The number of aromatic nitrogens is 2. The van der Waals surface area contributed by atoms with Crippen molar-refractivity contribution in [1.29, 1.82) is 0 Å². The van der Waals surface area contributed by atoms with Crippen LogP contribution in [0.15, 0.2) is 36.7 Å². The van der Waals surface area contributed by atoms with Crippen molar-refractivity contribution in [3.8, 4) is 0 Å². The molecule has 1 heterocycles. The molecular formula is C13H17IN4. The Hall–Kier alpha value is -0.920. The Morgan fingerprint density at radius 3 is 3.00 bits per heavy atom. The van der Waals surface area contributed by atoms with Crippen LogP contribution in [0.4, 0.5) is 0 Å². The number of aryl methyl sites for hydroxylation is 1. The van der Waals surface area contributed by atoms with Crippen LogP contribution in [0, 0.1) is 3.57 Å². The number of nitrogens with two attached hydrogens (primary N) is 1. The molecule has 0 radical (unpaired) electrons. The van der Waals surface area contributed by atoms with Crippen LogP contribution in [0.5, 0.6) is 0 Å². The molecule has 96 valence electrons. The molecule has 1 aromatic carbocycles. The minimum absolute atomic E-state index is 0.0683. The van der Waals surface area contributed by atoms with Gasteiger partial charge >= 0.3 is 0 Å². The molecule has 0 saturated heterocycles. The maximum Gasteiger partial charge on any atom is 0.131 e. The van der Waals surface area contributed by atoms with Crippen LogP contribution in [0.3, 0.4) is 0 Å². The third kappa shape index (κ3) is 2.90. The van der Waals surface area contributed by atoms with Gasteiger partial charge in [0.05, 0.1) is 0 Å². The Morgan fingerprint density at radius 2 is 2.33 bits per heavy atom. The molecule has 2 aromatic rings. The van der Waals surface area contributed by atoms with Crippen molar-refractivity contribution in [1.82, 2.24) is 15.0 Å². The van der Waals surface area contributed by atoms with Gasteiger partial charge in [0.15, 0.2) is 0 Å². The SMILES string of the molecule is CCCn1ccnc1C(NN)c1cccc(I)c1. The Balaban J connectivity index is 2.36. The number of hydrazine groups is 1. The second-order valence-corrected chi connectivity index (χ2v) is 5.38. The number of nitrogens with zero attached hydrogens (tertiary/aromatic N) is 2. The molecule has 0 aliphatic heterocycles. The van der Waals surface area contributed by atoms with Gasteiger partial charge in [-0.15, -0.1) is 0 Å². The lowest BCUT2D eigenvalue weighted by molar-refractivity contribution is 0.545. The molecular weight excluding hydrogens is 339 g/mol. The minimum Gasteiger partial charge on any atom is -0.333 e. The van der Waals surface area contributed by atoms with Crippen molar-refractivity contribution in [2.45, 2.75) is 25.9 Å². The highest BCUT2D eigenvalue weighted by atomic mass is 127. The summed E-state index contributed by atoms with van der Waals surface area (Å²) in [5.74, 6) is 6.66. The van der Waals surface area contributed by atoms with E-state index in [0.717, 1.165) is 24.4 Å². The first kappa shape index (κ1) is 13.5. The molecule has 0 bridgehead atoms. The summed E-state index contributed by atoms with van der Waals surface area (Å²) in [5.41, 5.74) is 3.99. The predicted octanol–water partition coefficient (Wildman–Crippen LogP) is 2.45.